The molecule has 1 atom stereocenters. The Morgan fingerprint density at radius 1 is 1.27 bits per heavy atom. The molecule has 0 spiro atoms. The molecular weight excluding hydrogens is 350 g/mol. The van der Waals surface area contributed by atoms with Gasteiger partial charge in [0.05, 0.1) is 5.92 Å². The maximum absolute atomic E-state index is 12.1. The molecule has 0 bridgehead atoms. The van der Waals surface area contributed by atoms with Crippen LogP contribution in [0.2, 0.25) is 0 Å². The molecule has 1 fully saturated rings. The summed E-state index contributed by atoms with van der Waals surface area (Å²) in [7, 11) is 0. The van der Waals surface area contributed by atoms with E-state index in [0.717, 1.165) is 25.7 Å². The van der Waals surface area contributed by atoms with Gasteiger partial charge in [0.2, 0.25) is 5.91 Å². The number of benzene rings is 1. The van der Waals surface area contributed by atoms with Crippen LogP contribution in [0.3, 0.4) is 0 Å². The summed E-state index contributed by atoms with van der Waals surface area (Å²) in [4.78, 5) is 23.6. The second-order valence-electron chi connectivity index (χ2n) is 6.81. The maximum atomic E-state index is 12.1. The first-order chi connectivity index (χ1) is 12.6. The number of rotatable bonds is 8. The quantitative estimate of drug-likeness (QED) is 0.741. The standard InChI is InChI=1S/C20H25NO4S/c22-19(21-12-17(20(23)24)14-8-10-25-11-9-14)7-3-4-15-13-26-18-6-2-1-5-16(15)18/h1-2,5-6,13-14,17H,3-4,7-12H2,(H,21,22)(H,23,24). The Balaban J connectivity index is 1.44. The van der Waals surface area contributed by atoms with Crippen molar-refractivity contribution in [3.05, 3.63) is 35.2 Å². The van der Waals surface area contributed by atoms with Crippen molar-refractivity contribution < 1.29 is 19.4 Å². The summed E-state index contributed by atoms with van der Waals surface area (Å²) < 4.78 is 6.57. The van der Waals surface area contributed by atoms with E-state index in [1.54, 1.807) is 11.3 Å². The number of carboxylic acids is 1. The second-order valence-corrected chi connectivity index (χ2v) is 7.72. The van der Waals surface area contributed by atoms with Crippen LogP contribution >= 0.6 is 11.3 Å². The highest BCUT2D eigenvalue weighted by molar-refractivity contribution is 7.17. The van der Waals surface area contributed by atoms with E-state index in [1.807, 2.05) is 12.1 Å². The SMILES string of the molecule is O=C(CCCc1csc2ccccc12)NCC(C(=O)O)C1CCOCC1. The van der Waals surface area contributed by atoms with Crippen LogP contribution in [0.5, 0.6) is 0 Å². The minimum absolute atomic E-state index is 0.0668. The fourth-order valence-corrected chi connectivity index (χ4v) is 4.55. The third-order valence-electron chi connectivity index (χ3n) is 5.08. The van der Waals surface area contributed by atoms with Gasteiger partial charge in [-0.2, -0.15) is 0 Å². The van der Waals surface area contributed by atoms with Crippen LogP contribution in [-0.2, 0) is 20.7 Å². The molecule has 1 aliphatic rings. The van der Waals surface area contributed by atoms with Crippen LogP contribution in [0.15, 0.2) is 29.6 Å². The number of amides is 1. The number of fused-ring (bicyclic) bond motifs is 1. The van der Waals surface area contributed by atoms with Gasteiger partial charge in [0.15, 0.2) is 0 Å². The number of aliphatic carboxylic acids is 1. The zero-order chi connectivity index (χ0) is 18.4. The summed E-state index contributed by atoms with van der Waals surface area (Å²) >= 11 is 1.73. The molecule has 5 nitrogen and oxygen atoms in total. The van der Waals surface area contributed by atoms with E-state index < -0.39 is 11.9 Å². The molecule has 2 aromatic rings. The number of carbonyl (C=O) groups is 2. The van der Waals surface area contributed by atoms with Gasteiger partial charge in [-0.05, 0) is 54.0 Å². The number of carboxylic acid groups (broad SMARTS) is 1. The smallest absolute Gasteiger partial charge is 0.308 e. The van der Waals surface area contributed by atoms with E-state index in [4.69, 9.17) is 4.74 Å². The Kier molecular flexibility index (Phi) is 6.63. The number of hydrogen-bond donors (Lipinski definition) is 2. The van der Waals surface area contributed by atoms with Crippen LogP contribution in [0.25, 0.3) is 10.1 Å². The van der Waals surface area contributed by atoms with Crippen LogP contribution < -0.4 is 5.32 Å². The molecule has 26 heavy (non-hydrogen) atoms. The van der Waals surface area contributed by atoms with Crippen molar-refractivity contribution in [3.8, 4) is 0 Å². The van der Waals surface area contributed by atoms with Crippen molar-refractivity contribution in [2.24, 2.45) is 11.8 Å². The van der Waals surface area contributed by atoms with Gasteiger partial charge >= 0.3 is 5.97 Å². The Morgan fingerprint density at radius 3 is 2.81 bits per heavy atom. The monoisotopic (exact) mass is 375 g/mol. The van der Waals surface area contributed by atoms with Gasteiger partial charge in [0.25, 0.3) is 0 Å². The molecule has 2 heterocycles. The average molecular weight is 375 g/mol. The van der Waals surface area contributed by atoms with E-state index in [-0.39, 0.29) is 18.4 Å². The summed E-state index contributed by atoms with van der Waals surface area (Å²) in [5.74, 6) is -1.34. The Labute approximate surface area is 157 Å². The zero-order valence-corrected chi connectivity index (χ0v) is 15.6. The third-order valence-corrected chi connectivity index (χ3v) is 6.09. The van der Waals surface area contributed by atoms with Crippen LogP contribution in [0, 0.1) is 11.8 Å². The summed E-state index contributed by atoms with van der Waals surface area (Å²) in [6.07, 6.45) is 3.54. The fourth-order valence-electron chi connectivity index (χ4n) is 3.55. The van der Waals surface area contributed by atoms with Crippen molar-refractivity contribution in [1.29, 1.82) is 0 Å². The number of thiophene rings is 1. The van der Waals surface area contributed by atoms with Crippen LogP contribution in [0.4, 0.5) is 0 Å². The summed E-state index contributed by atoms with van der Waals surface area (Å²) in [6, 6.07) is 8.30. The molecule has 3 rings (SSSR count). The number of ether oxygens (including phenoxy) is 1. The van der Waals surface area contributed by atoms with E-state index in [2.05, 4.69) is 22.8 Å². The maximum Gasteiger partial charge on any atom is 0.308 e. The zero-order valence-electron chi connectivity index (χ0n) is 14.8. The minimum atomic E-state index is -0.832. The predicted octanol–water partition coefficient (Wildman–Crippen LogP) is 3.47. The molecule has 1 aliphatic heterocycles. The van der Waals surface area contributed by atoms with E-state index in [9.17, 15) is 14.7 Å². The van der Waals surface area contributed by atoms with Crippen LogP contribution in [-0.4, -0.2) is 36.7 Å². The summed E-state index contributed by atoms with van der Waals surface area (Å²) in [5, 5.41) is 15.7. The van der Waals surface area contributed by atoms with Gasteiger partial charge in [-0.25, -0.2) is 0 Å². The lowest BCUT2D eigenvalue weighted by molar-refractivity contribution is -0.145. The fraction of sp³-hybridized carbons (Fsp3) is 0.500. The first kappa shape index (κ1) is 18.9. The molecule has 0 saturated carbocycles. The van der Waals surface area contributed by atoms with Crippen molar-refractivity contribution in [2.75, 3.05) is 19.8 Å². The third kappa shape index (κ3) is 4.83. The van der Waals surface area contributed by atoms with Crippen molar-refractivity contribution in [1.82, 2.24) is 5.32 Å². The van der Waals surface area contributed by atoms with Crippen LogP contribution in [0.1, 0.15) is 31.2 Å². The Bertz CT molecular complexity index is 751. The number of hydrogen-bond acceptors (Lipinski definition) is 4. The second kappa shape index (κ2) is 9.14. The summed E-state index contributed by atoms with van der Waals surface area (Å²) in [5.41, 5.74) is 1.28. The molecule has 1 amide bonds. The highest BCUT2D eigenvalue weighted by Gasteiger charge is 2.29. The van der Waals surface area contributed by atoms with Gasteiger partial charge < -0.3 is 15.2 Å². The molecule has 6 heteroatoms. The normalized spacial score (nSPS) is 16.5. The first-order valence-corrected chi connectivity index (χ1v) is 10.1. The largest absolute Gasteiger partial charge is 0.481 e. The van der Waals surface area contributed by atoms with E-state index in [0.29, 0.717) is 19.6 Å². The van der Waals surface area contributed by atoms with Crippen molar-refractivity contribution in [2.45, 2.75) is 32.1 Å². The highest BCUT2D eigenvalue weighted by atomic mass is 32.1. The predicted molar refractivity (Wildman–Crippen MR) is 102 cm³/mol. The molecule has 1 aromatic heterocycles. The first-order valence-electron chi connectivity index (χ1n) is 9.17. The average Bonchev–Trinajstić information content (AvgIpc) is 3.06. The number of aryl methyl sites for hydroxylation is 1. The molecule has 140 valence electrons. The lowest BCUT2D eigenvalue weighted by Gasteiger charge is -2.27. The molecular formula is C20H25NO4S. The number of nitrogens with one attached hydrogen (secondary N) is 1. The molecule has 0 radical (unpaired) electrons. The Hall–Kier alpha value is -1.92. The van der Waals surface area contributed by atoms with Gasteiger partial charge in [0.1, 0.15) is 0 Å². The molecule has 1 saturated heterocycles. The molecule has 0 aliphatic carbocycles. The topological polar surface area (TPSA) is 75.6 Å². The van der Waals surface area contributed by atoms with Crippen molar-refractivity contribution in [3.63, 3.8) is 0 Å². The van der Waals surface area contributed by atoms with E-state index in [1.165, 1.54) is 15.6 Å². The number of carbonyl (C=O) groups excluding carboxylic acids is 1. The molecule has 1 unspecified atom stereocenters. The molecule has 1 aromatic carbocycles. The van der Waals surface area contributed by atoms with Gasteiger partial charge in [-0.15, -0.1) is 11.3 Å². The van der Waals surface area contributed by atoms with Gasteiger partial charge in [0, 0.05) is 30.9 Å². The minimum Gasteiger partial charge on any atom is -0.481 e. The summed E-state index contributed by atoms with van der Waals surface area (Å²) in [6.45, 7) is 1.42. The lowest BCUT2D eigenvalue weighted by atomic mass is 9.86. The lowest BCUT2D eigenvalue weighted by Crippen LogP contribution is -2.38. The van der Waals surface area contributed by atoms with Gasteiger partial charge in [-0.1, -0.05) is 18.2 Å². The Morgan fingerprint density at radius 2 is 2.04 bits per heavy atom. The van der Waals surface area contributed by atoms with E-state index >= 15 is 0 Å². The van der Waals surface area contributed by atoms with Crippen molar-refractivity contribution >= 4 is 33.3 Å². The van der Waals surface area contributed by atoms with Gasteiger partial charge in [-0.3, -0.25) is 9.59 Å². The molecule has 2 N–H and O–H groups in total. The highest BCUT2D eigenvalue weighted by Crippen LogP contribution is 2.27.